The molecule has 2 aromatic rings. The molecule has 0 saturated heterocycles. The van der Waals surface area contributed by atoms with E-state index >= 15 is 0 Å². The van der Waals surface area contributed by atoms with Gasteiger partial charge >= 0.3 is 0 Å². The number of rotatable bonds is 3. The van der Waals surface area contributed by atoms with Crippen LogP contribution in [-0.4, -0.2) is 5.11 Å². The van der Waals surface area contributed by atoms with Crippen molar-refractivity contribution < 1.29 is 18.6 Å². The van der Waals surface area contributed by atoms with Gasteiger partial charge in [-0.15, -0.1) is 0 Å². The fourth-order valence-corrected chi connectivity index (χ4v) is 1.40. The van der Waals surface area contributed by atoms with Crippen molar-refractivity contribution in [1.82, 2.24) is 0 Å². The van der Waals surface area contributed by atoms with Crippen molar-refractivity contribution in [2.24, 2.45) is 0 Å². The Morgan fingerprint density at radius 1 is 1.00 bits per heavy atom. The van der Waals surface area contributed by atoms with Crippen LogP contribution in [0.3, 0.4) is 0 Å². The Kier molecular flexibility index (Phi) is 3.35. The predicted octanol–water partition coefficient (Wildman–Crippen LogP) is 3.25. The molecule has 0 amide bonds. The zero-order chi connectivity index (χ0) is 12.3. The maximum absolute atomic E-state index is 13.1. The van der Waals surface area contributed by atoms with E-state index in [0.717, 1.165) is 0 Å². The molecule has 4 heteroatoms. The first-order valence-corrected chi connectivity index (χ1v) is 5.02. The molecule has 0 aromatic heterocycles. The van der Waals surface area contributed by atoms with Crippen LogP contribution in [0.1, 0.15) is 5.56 Å². The highest BCUT2D eigenvalue weighted by atomic mass is 19.1. The number of aliphatic hydroxyl groups excluding tert-OH is 1. The van der Waals surface area contributed by atoms with Gasteiger partial charge in [0, 0.05) is 11.6 Å². The molecule has 1 N–H and O–H groups in total. The second-order valence-electron chi connectivity index (χ2n) is 3.47. The van der Waals surface area contributed by atoms with E-state index in [1.165, 1.54) is 36.4 Å². The standard InChI is InChI=1S/C13H10F2O2/c14-10-2-1-3-11(7-10)17-12-4-5-13(15)9(6-12)8-16/h1-7,16H,8H2. The summed E-state index contributed by atoms with van der Waals surface area (Å²) in [6.07, 6.45) is 0. The molecule has 17 heavy (non-hydrogen) atoms. The quantitative estimate of drug-likeness (QED) is 0.886. The topological polar surface area (TPSA) is 29.5 Å². The molecular formula is C13H10F2O2. The van der Waals surface area contributed by atoms with Gasteiger partial charge < -0.3 is 9.84 Å². The van der Waals surface area contributed by atoms with Gasteiger partial charge in [-0.2, -0.15) is 0 Å². The van der Waals surface area contributed by atoms with Gasteiger partial charge in [-0.05, 0) is 30.3 Å². The molecule has 88 valence electrons. The number of ether oxygens (including phenoxy) is 1. The molecule has 2 rings (SSSR count). The van der Waals surface area contributed by atoms with Crippen LogP contribution in [0.15, 0.2) is 42.5 Å². The summed E-state index contributed by atoms with van der Waals surface area (Å²) in [7, 11) is 0. The largest absolute Gasteiger partial charge is 0.457 e. The Labute approximate surface area is 97.1 Å². The summed E-state index contributed by atoms with van der Waals surface area (Å²) >= 11 is 0. The smallest absolute Gasteiger partial charge is 0.130 e. The zero-order valence-corrected chi connectivity index (χ0v) is 8.86. The Morgan fingerprint density at radius 2 is 1.76 bits per heavy atom. The summed E-state index contributed by atoms with van der Waals surface area (Å²) in [6.45, 7) is -0.411. The lowest BCUT2D eigenvalue weighted by atomic mass is 10.2. The maximum Gasteiger partial charge on any atom is 0.130 e. The van der Waals surface area contributed by atoms with E-state index in [1.54, 1.807) is 6.07 Å². The van der Waals surface area contributed by atoms with Crippen molar-refractivity contribution in [1.29, 1.82) is 0 Å². The average molecular weight is 236 g/mol. The minimum absolute atomic E-state index is 0.138. The Hall–Kier alpha value is -1.94. The molecular weight excluding hydrogens is 226 g/mol. The van der Waals surface area contributed by atoms with Crippen LogP contribution in [0.25, 0.3) is 0 Å². The second kappa shape index (κ2) is 4.93. The molecule has 0 fully saturated rings. The number of aliphatic hydroxyl groups is 1. The first-order valence-electron chi connectivity index (χ1n) is 5.02. The van der Waals surface area contributed by atoms with Crippen LogP contribution in [-0.2, 0) is 6.61 Å². The molecule has 0 spiro atoms. The van der Waals surface area contributed by atoms with E-state index < -0.39 is 18.2 Å². The van der Waals surface area contributed by atoms with Crippen molar-refractivity contribution in [2.75, 3.05) is 0 Å². The molecule has 0 heterocycles. The number of hydrogen-bond donors (Lipinski definition) is 1. The van der Waals surface area contributed by atoms with Gasteiger partial charge in [-0.1, -0.05) is 6.07 Å². The van der Waals surface area contributed by atoms with Crippen LogP contribution in [0.5, 0.6) is 11.5 Å². The highest BCUT2D eigenvalue weighted by Crippen LogP contribution is 2.24. The molecule has 0 atom stereocenters. The third-order valence-corrected chi connectivity index (χ3v) is 2.22. The molecule has 0 aliphatic carbocycles. The molecule has 2 aromatic carbocycles. The molecule has 0 aliphatic heterocycles. The lowest BCUT2D eigenvalue weighted by Crippen LogP contribution is -1.92. The van der Waals surface area contributed by atoms with Gasteiger partial charge in [0.2, 0.25) is 0 Å². The molecule has 0 bridgehead atoms. The second-order valence-corrected chi connectivity index (χ2v) is 3.47. The van der Waals surface area contributed by atoms with Crippen molar-refractivity contribution in [3.8, 4) is 11.5 Å². The Balaban J connectivity index is 2.24. The predicted molar refractivity (Wildman–Crippen MR) is 58.8 cm³/mol. The van der Waals surface area contributed by atoms with E-state index in [0.29, 0.717) is 11.5 Å². The highest BCUT2D eigenvalue weighted by molar-refractivity contribution is 5.34. The lowest BCUT2D eigenvalue weighted by molar-refractivity contribution is 0.275. The van der Waals surface area contributed by atoms with Gasteiger partial charge in [0.05, 0.1) is 6.61 Å². The minimum atomic E-state index is -0.501. The first-order chi connectivity index (χ1) is 8.19. The van der Waals surface area contributed by atoms with Crippen LogP contribution < -0.4 is 4.74 Å². The fourth-order valence-electron chi connectivity index (χ4n) is 1.40. The molecule has 0 unspecified atom stereocenters. The van der Waals surface area contributed by atoms with Crippen molar-refractivity contribution in [2.45, 2.75) is 6.61 Å². The Bertz CT molecular complexity index is 527. The van der Waals surface area contributed by atoms with Crippen molar-refractivity contribution in [3.63, 3.8) is 0 Å². The molecule has 0 aliphatic rings. The van der Waals surface area contributed by atoms with Gasteiger partial charge in [0.25, 0.3) is 0 Å². The van der Waals surface area contributed by atoms with E-state index in [9.17, 15) is 8.78 Å². The summed E-state index contributed by atoms with van der Waals surface area (Å²) in [6, 6.07) is 9.62. The molecule has 2 nitrogen and oxygen atoms in total. The summed E-state index contributed by atoms with van der Waals surface area (Å²) < 4.78 is 31.3. The van der Waals surface area contributed by atoms with Crippen molar-refractivity contribution >= 4 is 0 Å². The van der Waals surface area contributed by atoms with Crippen molar-refractivity contribution in [3.05, 3.63) is 59.7 Å². The summed E-state index contributed by atoms with van der Waals surface area (Å²) in [5, 5.41) is 8.90. The molecule has 0 saturated carbocycles. The summed E-state index contributed by atoms with van der Waals surface area (Å²) in [5.74, 6) is -0.243. The van der Waals surface area contributed by atoms with Gasteiger partial charge in [0.1, 0.15) is 23.1 Å². The monoisotopic (exact) mass is 236 g/mol. The number of hydrogen-bond acceptors (Lipinski definition) is 2. The molecule has 0 radical (unpaired) electrons. The Morgan fingerprint density at radius 3 is 2.47 bits per heavy atom. The van der Waals surface area contributed by atoms with Crippen LogP contribution in [0, 0.1) is 11.6 Å². The van der Waals surface area contributed by atoms with Gasteiger partial charge in [-0.25, -0.2) is 8.78 Å². The summed E-state index contributed by atoms with van der Waals surface area (Å²) in [4.78, 5) is 0. The van der Waals surface area contributed by atoms with E-state index in [1.807, 2.05) is 0 Å². The number of benzene rings is 2. The van der Waals surface area contributed by atoms with Gasteiger partial charge in [-0.3, -0.25) is 0 Å². The third-order valence-electron chi connectivity index (χ3n) is 2.22. The summed E-state index contributed by atoms with van der Waals surface area (Å²) in [5.41, 5.74) is 0.138. The van der Waals surface area contributed by atoms with Crippen LogP contribution >= 0.6 is 0 Å². The zero-order valence-electron chi connectivity index (χ0n) is 8.86. The van der Waals surface area contributed by atoms with Gasteiger partial charge in [0.15, 0.2) is 0 Å². The highest BCUT2D eigenvalue weighted by Gasteiger charge is 2.04. The van der Waals surface area contributed by atoms with E-state index in [4.69, 9.17) is 9.84 Å². The lowest BCUT2D eigenvalue weighted by Gasteiger charge is -2.07. The fraction of sp³-hybridized carbons (Fsp3) is 0.0769. The maximum atomic E-state index is 13.1. The van der Waals surface area contributed by atoms with E-state index in [2.05, 4.69) is 0 Å². The van der Waals surface area contributed by atoms with Crippen LogP contribution in [0.4, 0.5) is 8.78 Å². The third kappa shape index (κ3) is 2.79. The first kappa shape index (κ1) is 11.5. The number of halogens is 2. The average Bonchev–Trinajstić information content (AvgIpc) is 2.32. The SMILES string of the molecule is OCc1cc(Oc2cccc(F)c2)ccc1F. The minimum Gasteiger partial charge on any atom is -0.457 e. The van der Waals surface area contributed by atoms with Crippen LogP contribution in [0.2, 0.25) is 0 Å². The normalized spacial score (nSPS) is 10.3. The van der Waals surface area contributed by atoms with E-state index in [-0.39, 0.29) is 5.56 Å².